The molecule has 53 heavy (non-hydrogen) atoms. The van der Waals surface area contributed by atoms with Crippen molar-refractivity contribution in [3.05, 3.63) is 81.4 Å². The van der Waals surface area contributed by atoms with Gasteiger partial charge in [-0.3, -0.25) is 19.3 Å². The molecule has 0 unspecified atom stereocenters. The van der Waals surface area contributed by atoms with Crippen LogP contribution in [0, 0.1) is 22.2 Å². The molecule has 13 nitrogen and oxygen atoms in total. The van der Waals surface area contributed by atoms with Gasteiger partial charge >= 0.3 is 5.97 Å². The van der Waals surface area contributed by atoms with Gasteiger partial charge in [-0.05, 0) is 62.6 Å². The summed E-state index contributed by atoms with van der Waals surface area (Å²) >= 11 is 6.94. The molecular formula is C39H42ClN9O4. The van der Waals surface area contributed by atoms with Crippen molar-refractivity contribution < 1.29 is 19.5 Å². The van der Waals surface area contributed by atoms with E-state index in [4.69, 9.17) is 16.6 Å². The second kappa shape index (κ2) is 13.4. The Balaban J connectivity index is 0.967. The molecule has 2 fully saturated rings. The zero-order valence-corrected chi connectivity index (χ0v) is 30.6. The van der Waals surface area contributed by atoms with E-state index in [-0.39, 0.29) is 27.6 Å². The Morgan fingerprint density at radius 3 is 2.23 bits per heavy atom. The lowest BCUT2D eigenvalue weighted by atomic mass is 9.80. The molecule has 2 aromatic carbocycles. The molecule has 14 heteroatoms. The Morgan fingerprint density at radius 2 is 1.57 bits per heavy atom. The highest BCUT2D eigenvalue weighted by atomic mass is 35.5. The van der Waals surface area contributed by atoms with Gasteiger partial charge in [0.2, 0.25) is 0 Å². The van der Waals surface area contributed by atoms with E-state index in [1.807, 2.05) is 18.7 Å². The fourth-order valence-corrected chi connectivity index (χ4v) is 9.46. The average molecular weight is 736 g/mol. The molecule has 0 atom stereocenters. The second-order valence-corrected chi connectivity index (χ2v) is 15.5. The Bertz CT molecular complexity index is 2210. The normalized spacial score (nSPS) is 21.8. The summed E-state index contributed by atoms with van der Waals surface area (Å²) in [6.07, 6.45) is 6.86. The molecule has 4 heterocycles. The van der Waals surface area contributed by atoms with Crippen molar-refractivity contribution in [2.75, 3.05) is 30.3 Å². The SMILES string of the molecule is Cn1c(C(=O)Nc2cccc(-c3cccc(NC(=O)c4nc5c(n4C)CCNC5)c3C#N)c2Cl)nc2c1CCN(CCC13CCC(C(=O)O)(CC1)C3)C2. The zero-order chi connectivity index (χ0) is 37.1. The number of carboxylic acid groups (broad SMARTS) is 1. The summed E-state index contributed by atoms with van der Waals surface area (Å²) in [7, 11) is 3.68. The highest BCUT2D eigenvalue weighted by molar-refractivity contribution is 6.36. The van der Waals surface area contributed by atoms with Crippen LogP contribution in [0.1, 0.15) is 88.1 Å². The Labute approximate surface area is 312 Å². The number of imidazole rings is 2. The van der Waals surface area contributed by atoms with Crippen LogP contribution in [0.15, 0.2) is 36.4 Å². The average Bonchev–Trinajstić information content (AvgIpc) is 3.92. The van der Waals surface area contributed by atoms with Gasteiger partial charge in [-0.1, -0.05) is 35.9 Å². The summed E-state index contributed by atoms with van der Waals surface area (Å²) < 4.78 is 3.65. The van der Waals surface area contributed by atoms with Crippen LogP contribution in [-0.4, -0.2) is 66.5 Å². The number of amides is 2. The van der Waals surface area contributed by atoms with Gasteiger partial charge in [0.15, 0.2) is 11.6 Å². The van der Waals surface area contributed by atoms with Gasteiger partial charge in [-0.15, -0.1) is 0 Å². The predicted octanol–water partition coefficient (Wildman–Crippen LogP) is 5.28. The van der Waals surface area contributed by atoms with Crippen LogP contribution < -0.4 is 16.0 Å². The summed E-state index contributed by atoms with van der Waals surface area (Å²) in [4.78, 5) is 50.7. The highest BCUT2D eigenvalue weighted by Crippen LogP contribution is 2.63. The third kappa shape index (κ3) is 6.08. The number of nitriles is 1. The van der Waals surface area contributed by atoms with E-state index in [0.29, 0.717) is 35.6 Å². The molecule has 8 rings (SSSR count). The molecule has 274 valence electrons. The number of aromatic nitrogens is 4. The molecular weight excluding hydrogens is 694 g/mol. The minimum absolute atomic E-state index is 0.127. The third-order valence-corrected chi connectivity index (χ3v) is 12.6. The van der Waals surface area contributed by atoms with Crippen molar-refractivity contribution in [1.82, 2.24) is 29.3 Å². The second-order valence-electron chi connectivity index (χ2n) is 15.2. The molecule has 2 aliphatic carbocycles. The largest absolute Gasteiger partial charge is 0.481 e. The van der Waals surface area contributed by atoms with E-state index in [1.165, 1.54) is 0 Å². The lowest BCUT2D eigenvalue weighted by Crippen LogP contribution is -2.34. The number of carbonyl (C=O) groups excluding carboxylic acids is 2. The van der Waals surface area contributed by atoms with Crippen molar-refractivity contribution in [2.45, 2.75) is 64.5 Å². The lowest BCUT2D eigenvalue weighted by Gasteiger charge is -2.32. The first-order valence-electron chi connectivity index (χ1n) is 18.2. The fourth-order valence-electron chi connectivity index (χ4n) is 9.18. The quantitative estimate of drug-likeness (QED) is 0.179. The Kier molecular flexibility index (Phi) is 8.87. The highest BCUT2D eigenvalue weighted by Gasteiger charge is 2.57. The standard InChI is InChI=1S/C39H42ClN9O4/c1-47-30-9-16-42-20-28(30)43-33(47)35(50)45-26-7-3-5-23(25(26)19-41)24-6-4-8-27(32(24)40)46-36(51)34-44-29-21-49(17-10-31(29)48(34)2)18-15-38-11-13-39(22-38,14-12-38)37(52)53/h3-8,42H,9-18,20-22H2,1-2H3,(H,45,50)(H,46,51)(H,52,53). The summed E-state index contributed by atoms with van der Waals surface area (Å²) in [6.45, 7) is 3.78. The van der Waals surface area contributed by atoms with E-state index in [1.54, 1.807) is 41.0 Å². The number of nitrogens with one attached hydrogen (secondary N) is 3. The van der Waals surface area contributed by atoms with E-state index in [0.717, 1.165) is 93.8 Å². The number of hydrogen-bond acceptors (Lipinski definition) is 8. The first-order chi connectivity index (χ1) is 25.5. The third-order valence-electron chi connectivity index (χ3n) is 12.2. The number of benzene rings is 2. The smallest absolute Gasteiger partial charge is 0.309 e. The molecule has 4 aromatic rings. The number of carbonyl (C=O) groups is 3. The summed E-state index contributed by atoms with van der Waals surface area (Å²) in [6, 6.07) is 12.6. The zero-order valence-electron chi connectivity index (χ0n) is 29.9. The minimum Gasteiger partial charge on any atom is -0.481 e. The van der Waals surface area contributed by atoms with Gasteiger partial charge in [0.1, 0.15) is 6.07 Å². The minimum atomic E-state index is -0.633. The van der Waals surface area contributed by atoms with Crippen LogP contribution in [0.4, 0.5) is 11.4 Å². The van der Waals surface area contributed by atoms with Crippen LogP contribution in [0.25, 0.3) is 11.1 Å². The number of halogens is 1. The maximum absolute atomic E-state index is 13.7. The molecule has 2 bridgehead atoms. The van der Waals surface area contributed by atoms with Gasteiger partial charge in [0.25, 0.3) is 11.8 Å². The lowest BCUT2D eigenvalue weighted by molar-refractivity contribution is -0.148. The van der Waals surface area contributed by atoms with Crippen LogP contribution in [-0.2, 0) is 44.8 Å². The maximum Gasteiger partial charge on any atom is 0.309 e. The molecule has 4 aliphatic rings. The molecule has 2 saturated carbocycles. The van der Waals surface area contributed by atoms with Gasteiger partial charge in [-0.25, -0.2) is 9.97 Å². The van der Waals surface area contributed by atoms with E-state index in [2.05, 4.69) is 31.9 Å². The monoisotopic (exact) mass is 735 g/mol. The van der Waals surface area contributed by atoms with Crippen LogP contribution in [0.2, 0.25) is 5.02 Å². The topological polar surface area (TPSA) is 170 Å². The number of nitrogens with zero attached hydrogens (tertiary/aromatic N) is 6. The van der Waals surface area contributed by atoms with E-state index >= 15 is 0 Å². The Morgan fingerprint density at radius 1 is 0.925 bits per heavy atom. The number of fused-ring (bicyclic) bond motifs is 4. The first-order valence-corrected chi connectivity index (χ1v) is 18.6. The molecule has 0 saturated heterocycles. The molecule has 2 amide bonds. The number of hydrogen-bond donors (Lipinski definition) is 4. The van der Waals surface area contributed by atoms with E-state index < -0.39 is 23.2 Å². The molecule has 0 radical (unpaired) electrons. The van der Waals surface area contributed by atoms with Gasteiger partial charge in [-0.2, -0.15) is 5.26 Å². The Hall–Kier alpha value is -5.03. The summed E-state index contributed by atoms with van der Waals surface area (Å²) in [5.74, 6) is -0.902. The fraction of sp³-hybridized carbons (Fsp3) is 0.436. The molecule has 4 N–H and O–H groups in total. The van der Waals surface area contributed by atoms with Crippen molar-refractivity contribution in [1.29, 1.82) is 5.26 Å². The predicted molar refractivity (Wildman–Crippen MR) is 199 cm³/mol. The summed E-state index contributed by atoms with van der Waals surface area (Å²) in [5, 5.41) is 29.4. The molecule has 0 spiro atoms. The van der Waals surface area contributed by atoms with Crippen LogP contribution in [0.5, 0.6) is 0 Å². The van der Waals surface area contributed by atoms with Crippen molar-refractivity contribution in [2.24, 2.45) is 24.9 Å². The van der Waals surface area contributed by atoms with Crippen molar-refractivity contribution >= 4 is 40.8 Å². The number of anilines is 2. The maximum atomic E-state index is 13.7. The number of rotatable bonds is 9. The van der Waals surface area contributed by atoms with Crippen LogP contribution >= 0.6 is 11.6 Å². The molecule has 2 aliphatic heterocycles. The van der Waals surface area contributed by atoms with Gasteiger partial charge in [0.05, 0.1) is 38.8 Å². The number of aliphatic carboxylic acids is 1. The number of carboxylic acids is 1. The van der Waals surface area contributed by atoms with Gasteiger partial charge < -0.3 is 30.2 Å². The summed E-state index contributed by atoms with van der Waals surface area (Å²) in [5.41, 5.74) is 5.32. The first kappa shape index (κ1) is 35.0. The van der Waals surface area contributed by atoms with Crippen molar-refractivity contribution in [3.63, 3.8) is 0 Å². The van der Waals surface area contributed by atoms with Crippen LogP contribution in [0.3, 0.4) is 0 Å². The molecule has 2 aromatic heterocycles. The van der Waals surface area contributed by atoms with Gasteiger partial charge in [0, 0.05) is 75.6 Å². The van der Waals surface area contributed by atoms with E-state index in [9.17, 15) is 24.8 Å². The van der Waals surface area contributed by atoms with Crippen molar-refractivity contribution in [3.8, 4) is 17.2 Å².